The Hall–Kier alpha value is -4.35. The lowest BCUT2D eigenvalue weighted by Crippen LogP contribution is -2.60. The van der Waals surface area contributed by atoms with Gasteiger partial charge in [0.1, 0.15) is 18.2 Å². The monoisotopic (exact) mass is 712 g/mol. The molecule has 3 aromatic rings. The number of aliphatic hydroxyl groups is 1. The zero-order valence-corrected chi connectivity index (χ0v) is 29.6. The first-order valence-electron chi connectivity index (χ1n) is 16.8. The Kier molecular flexibility index (Phi) is 13.9. The Balaban J connectivity index is 1.67. The van der Waals surface area contributed by atoms with Crippen LogP contribution in [0.1, 0.15) is 70.6 Å². The zero-order valence-electron chi connectivity index (χ0n) is 28.7. The van der Waals surface area contributed by atoms with Crippen molar-refractivity contribution in [3.8, 4) is 0 Å². The second-order valence-electron chi connectivity index (χ2n) is 13.6. The van der Waals surface area contributed by atoms with E-state index in [4.69, 9.17) is 16.2 Å². The number of amides is 4. The fourth-order valence-corrected chi connectivity index (χ4v) is 6.82. The molecule has 2 heterocycles. The van der Waals surface area contributed by atoms with Crippen LogP contribution in [0.25, 0.3) is 0 Å². The number of benzene rings is 1. The quantitative estimate of drug-likeness (QED) is 0.134. The minimum absolute atomic E-state index is 0.0402. The van der Waals surface area contributed by atoms with Crippen LogP contribution >= 0.6 is 11.8 Å². The van der Waals surface area contributed by atoms with Crippen LogP contribution in [0, 0.1) is 5.92 Å². The van der Waals surface area contributed by atoms with Gasteiger partial charge in [-0.3, -0.25) is 14.4 Å². The number of aromatic amines is 1. The van der Waals surface area contributed by atoms with Gasteiger partial charge in [-0.2, -0.15) is 0 Å². The van der Waals surface area contributed by atoms with Crippen LogP contribution in [0.15, 0.2) is 48.0 Å². The number of imide groups is 1. The van der Waals surface area contributed by atoms with Crippen molar-refractivity contribution in [1.82, 2.24) is 40.4 Å². The summed E-state index contributed by atoms with van der Waals surface area (Å²) in [6.07, 6.45) is 6.06. The maximum Gasteiger partial charge on any atom is 0.417 e. The Morgan fingerprint density at radius 2 is 1.86 bits per heavy atom. The van der Waals surface area contributed by atoms with E-state index in [0.29, 0.717) is 12.1 Å². The number of carbonyl (C=O) groups is 4. The van der Waals surface area contributed by atoms with E-state index in [1.165, 1.54) is 11.0 Å². The van der Waals surface area contributed by atoms with Crippen LogP contribution in [0.4, 0.5) is 4.79 Å². The van der Waals surface area contributed by atoms with Crippen LogP contribution in [0.2, 0.25) is 0 Å². The summed E-state index contributed by atoms with van der Waals surface area (Å²) < 4.78 is 6.98. The largest absolute Gasteiger partial charge is 0.443 e. The lowest BCUT2D eigenvalue weighted by molar-refractivity contribution is -0.140. The smallest absolute Gasteiger partial charge is 0.417 e. The number of aromatic nitrogens is 6. The van der Waals surface area contributed by atoms with Crippen molar-refractivity contribution in [2.24, 2.45) is 17.4 Å². The molecule has 50 heavy (non-hydrogen) atoms. The number of primary amides is 1. The standard InChI is InChI=1S/C33H48N10O6S/c1-33(2,3)49-32(48)43(26(15-22-12-8-5-9-13-22)27(44)19-50-31-39-40-41-42(31)18-28(35)45)30(47)25(16-23-17-36-20-37-23)38-29(46)24(34)14-21-10-6-4-7-11-21/h4,6-7,10-11,17,20,22,24-27,44H,5,8-9,12-16,18-19,34H2,1-3H3,(H2,35,45)(H,36,37)(H,38,46)/t24-,25-,26?,27?/m0/s1. The van der Waals surface area contributed by atoms with Crippen LogP contribution in [-0.2, 0) is 38.5 Å². The van der Waals surface area contributed by atoms with Crippen LogP contribution in [0.5, 0.6) is 0 Å². The van der Waals surface area contributed by atoms with Crippen molar-refractivity contribution in [2.45, 2.75) is 114 Å². The molecule has 0 bridgehead atoms. The molecule has 1 aromatic carbocycles. The summed E-state index contributed by atoms with van der Waals surface area (Å²) in [7, 11) is 0. The van der Waals surface area contributed by atoms with E-state index in [2.05, 4.69) is 30.8 Å². The van der Waals surface area contributed by atoms with Crippen molar-refractivity contribution in [1.29, 1.82) is 0 Å². The lowest BCUT2D eigenvalue weighted by Gasteiger charge is -2.38. The molecule has 1 fully saturated rings. The van der Waals surface area contributed by atoms with Crippen molar-refractivity contribution in [3.05, 3.63) is 54.1 Å². The molecule has 4 rings (SSSR count). The number of nitrogens with zero attached hydrogens (tertiary/aromatic N) is 6. The SMILES string of the molecule is CC(C)(C)OC(=O)N(C(=O)[C@H](Cc1c[nH]cn1)NC(=O)[C@@H](N)Cc1ccccc1)C(CC1CCCCC1)C(O)CSc1nnnn1CC(N)=O. The number of H-pyrrole nitrogens is 1. The van der Waals surface area contributed by atoms with E-state index in [1.54, 1.807) is 27.0 Å². The third-order valence-corrected chi connectivity index (χ3v) is 9.37. The number of hydrogen-bond acceptors (Lipinski definition) is 12. The Morgan fingerprint density at radius 1 is 1.14 bits per heavy atom. The van der Waals surface area contributed by atoms with Gasteiger partial charge in [0.2, 0.25) is 17.0 Å². The first-order chi connectivity index (χ1) is 23.8. The van der Waals surface area contributed by atoms with Gasteiger partial charge in [-0.05, 0) is 55.5 Å². The number of carbonyl (C=O) groups excluding carboxylic acids is 4. The van der Waals surface area contributed by atoms with E-state index in [9.17, 15) is 24.3 Å². The molecule has 4 amide bonds. The van der Waals surface area contributed by atoms with Crippen LogP contribution in [-0.4, -0.2) is 99.6 Å². The predicted molar refractivity (Wildman–Crippen MR) is 184 cm³/mol. The topological polar surface area (TPSA) is 237 Å². The first-order valence-corrected chi connectivity index (χ1v) is 17.8. The highest BCUT2D eigenvalue weighted by atomic mass is 32.2. The van der Waals surface area contributed by atoms with E-state index in [1.807, 2.05) is 30.3 Å². The van der Waals surface area contributed by atoms with Gasteiger partial charge in [0.05, 0.1) is 30.2 Å². The van der Waals surface area contributed by atoms with Crippen molar-refractivity contribution >= 4 is 35.6 Å². The average Bonchev–Trinajstić information content (AvgIpc) is 3.74. The number of rotatable bonds is 16. The zero-order chi connectivity index (χ0) is 36.3. The molecule has 17 heteroatoms. The summed E-state index contributed by atoms with van der Waals surface area (Å²) in [4.78, 5) is 61.9. The number of tetrazole rings is 1. The minimum atomic E-state index is -1.28. The third kappa shape index (κ3) is 11.6. The molecule has 272 valence electrons. The highest BCUT2D eigenvalue weighted by Crippen LogP contribution is 2.32. The van der Waals surface area contributed by atoms with Gasteiger partial charge in [-0.1, -0.05) is 74.2 Å². The first kappa shape index (κ1) is 38.5. The molecule has 0 saturated heterocycles. The van der Waals surface area contributed by atoms with Crippen LogP contribution < -0.4 is 16.8 Å². The average molecular weight is 713 g/mol. The van der Waals surface area contributed by atoms with Crippen molar-refractivity contribution in [3.63, 3.8) is 0 Å². The third-order valence-electron chi connectivity index (χ3n) is 8.31. The molecule has 7 N–H and O–H groups in total. The molecule has 0 spiro atoms. The highest BCUT2D eigenvalue weighted by Gasteiger charge is 2.42. The van der Waals surface area contributed by atoms with E-state index >= 15 is 0 Å². The Labute approximate surface area is 295 Å². The van der Waals surface area contributed by atoms with Gasteiger partial charge in [0.25, 0.3) is 5.91 Å². The second-order valence-corrected chi connectivity index (χ2v) is 14.6. The molecular formula is C33H48N10O6S. The summed E-state index contributed by atoms with van der Waals surface area (Å²) in [5, 5.41) is 26.2. The van der Waals surface area contributed by atoms with E-state index in [0.717, 1.165) is 54.3 Å². The number of ether oxygens (including phenoxy) is 1. The molecular weight excluding hydrogens is 664 g/mol. The van der Waals surface area contributed by atoms with E-state index < -0.39 is 53.6 Å². The number of imidazole rings is 1. The van der Waals surface area contributed by atoms with Crippen LogP contribution in [0.3, 0.4) is 0 Å². The van der Waals surface area contributed by atoms with Gasteiger partial charge < -0.3 is 31.6 Å². The van der Waals surface area contributed by atoms with Crippen molar-refractivity contribution < 1.29 is 29.0 Å². The summed E-state index contributed by atoms with van der Waals surface area (Å²) in [5.41, 5.74) is 12.0. The lowest BCUT2D eigenvalue weighted by atomic mass is 9.83. The normalized spacial score (nSPS) is 16.2. The molecule has 1 saturated carbocycles. The second kappa shape index (κ2) is 18.1. The molecule has 2 unspecified atom stereocenters. The van der Waals surface area contributed by atoms with E-state index in [-0.39, 0.29) is 36.2 Å². The molecule has 1 aliphatic rings. The number of aliphatic hydroxyl groups excluding tert-OH is 1. The van der Waals surface area contributed by atoms with Gasteiger partial charge in [0.15, 0.2) is 0 Å². The summed E-state index contributed by atoms with van der Waals surface area (Å²) in [5.74, 6) is -1.93. The molecule has 0 radical (unpaired) electrons. The summed E-state index contributed by atoms with van der Waals surface area (Å²) in [6, 6.07) is 5.93. The minimum Gasteiger partial charge on any atom is -0.443 e. The predicted octanol–water partition coefficient (Wildman–Crippen LogP) is 1.73. The molecule has 16 nitrogen and oxygen atoms in total. The van der Waals surface area contributed by atoms with Gasteiger partial charge in [-0.15, -0.1) is 5.10 Å². The number of nitrogens with one attached hydrogen (secondary N) is 2. The number of hydrogen-bond donors (Lipinski definition) is 5. The molecule has 2 aromatic heterocycles. The fourth-order valence-electron chi connectivity index (χ4n) is 5.94. The molecule has 0 aliphatic heterocycles. The Morgan fingerprint density at radius 3 is 2.50 bits per heavy atom. The maximum atomic E-state index is 14.7. The number of thioether (sulfide) groups is 1. The molecule has 1 aliphatic carbocycles. The maximum absolute atomic E-state index is 14.7. The van der Waals surface area contributed by atoms with Gasteiger partial charge >= 0.3 is 6.09 Å². The number of nitrogens with two attached hydrogens (primary N) is 2. The Bertz CT molecular complexity index is 1540. The summed E-state index contributed by atoms with van der Waals surface area (Å²) >= 11 is 1.05. The fraction of sp³-hybridized carbons (Fsp3) is 0.576. The van der Waals surface area contributed by atoms with Crippen molar-refractivity contribution in [2.75, 3.05) is 5.75 Å². The van der Waals surface area contributed by atoms with Gasteiger partial charge in [-0.25, -0.2) is 19.4 Å². The molecule has 4 atom stereocenters. The van der Waals surface area contributed by atoms with Gasteiger partial charge in [0, 0.05) is 18.4 Å². The highest BCUT2D eigenvalue weighted by molar-refractivity contribution is 7.99. The summed E-state index contributed by atoms with van der Waals surface area (Å²) in [6.45, 7) is 4.78.